The quantitative estimate of drug-likeness (QED) is 0.798. The molecule has 1 unspecified atom stereocenters. The van der Waals surface area contributed by atoms with E-state index in [0.717, 1.165) is 12.1 Å². The predicted octanol–water partition coefficient (Wildman–Crippen LogP) is 4.23. The van der Waals surface area contributed by atoms with Crippen LogP contribution in [-0.4, -0.2) is 11.0 Å². The highest BCUT2D eigenvalue weighted by atomic mass is 32.1. The van der Waals surface area contributed by atoms with Gasteiger partial charge in [0.1, 0.15) is 10.8 Å². The van der Waals surface area contributed by atoms with Crippen molar-refractivity contribution in [2.24, 2.45) is 11.7 Å². The summed E-state index contributed by atoms with van der Waals surface area (Å²) < 4.78 is 13.3. The Bertz CT molecular complexity index is 470. The number of nitrogens with one attached hydrogen (secondary N) is 1. The van der Waals surface area contributed by atoms with Gasteiger partial charge in [-0.3, -0.25) is 0 Å². The van der Waals surface area contributed by atoms with Gasteiger partial charge in [0.15, 0.2) is 0 Å². The SMILES string of the molecule is CCC(Nc1ccc(F)cc1C(N)=S)C1CCCCC1. The minimum absolute atomic E-state index is 0.241. The molecule has 4 heteroatoms. The van der Waals surface area contributed by atoms with Crippen molar-refractivity contribution in [3.05, 3.63) is 29.6 Å². The number of hydrogen-bond acceptors (Lipinski definition) is 2. The number of anilines is 1. The first-order valence-corrected chi connectivity index (χ1v) is 7.88. The topological polar surface area (TPSA) is 38.0 Å². The normalized spacial score (nSPS) is 17.7. The van der Waals surface area contributed by atoms with Gasteiger partial charge in [0.25, 0.3) is 0 Å². The van der Waals surface area contributed by atoms with Gasteiger partial charge < -0.3 is 11.1 Å². The number of rotatable bonds is 5. The van der Waals surface area contributed by atoms with Crippen LogP contribution < -0.4 is 11.1 Å². The monoisotopic (exact) mass is 294 g/mol. The van der Waals surface area contributed by atoms with Crippen molar-refractivity contribution in [3.63, 3.8) is 0 Å². The highest BCUT2D eigenvalue weighted by molar-refractivity contribution is 7.80. The van der Waals surface area contributed by atoms with Gasteiger partial charge in [-0.2, -0.15) is 0 Å². The number of benzene rings is 1. The predicted molar refractivity (Wildman–Crippen MR) is 86.6 cm³/mol. The fourth-order valence-electron chi connectivity index (χ4n) is 3.14. The van der Waals surface area contributed by atoms with Crippen molar-refractivity contribution < 1.29 is 4.39 Å². The summed E-state index contributed by atoms with van der Waals surface area (Å²) >= 11 is 5.03. The Hall–Kier alpha value is -1.16. The van der Waals surface area contributed by atoms with Gasteiger partial charge in [0, 0.05) is 17.3 Å². The van der Waals surface area contributed by atoms with Crippen LogP contribution in [0.4, 0.5) is 10.1 Å². The maximum atomic E-state index is 13.3. The molecule has 110 valence electrons. The van der Waals surface area contributed by atoms with E-state index in [4.69, 9.17) is 18.0 Å². The number of halogens is 1. The van der Waals surface area contributed by atoms with Crippen LogP contribution in [0.3, 0.4) is 0 Å². The van der Waals surface area contributed by atoms with E-state index in [9.17, 15) is 4.39 Å². The van der Waals surface area contributed by atoms with Crippen LogP contribution in [0.15, 0.2) is 18.2 Å². The molecular formula is C16H23FN2S. The van der Waals surface area contributed by atoms with Crippen molar-refractivity contribution >= 4 is 22.9 Å². The molecule has 0 amide bonds. The van der Waals surface area contributed by atoms with E-state index >= 15 is 0 Å². The number of thiocarbonyl (C=S) groups is 1. The van der Waals surface area contributed by atoms with E-state index in [1.807, 2.05) is 0 Å². The zero-order valence-corrected chi connectivity index (χ0v) is 12.8. The zero-order valence-electron chi connectivity index (χ0n) is 12.0. The molecule has 2 rings (SSSR count). The summed E-state index contributed by atoms with van der Waals surface area (Å²) in [5, 5.41) is 3.54. The number of hydrogen-bond donors (Lipinski definition) is 2. The van der Waals surface area contributed by atoms with Gasteiger partial charge in [-0.15, -0.1) is 0 Å². The lowest BCUT2D eigenvalue weighted by atomic mass is 9.82. The second kappa shape index (κ2) is 7.02. The Morgan fingerprint density at radius 3 is 2.70 bits per heavy atom. The summed E-state index contributed by atoms with van der Waals surface area (Å²) in [6.07, 6.45) is 7.58. The van der Waals surface area contributed by atoms with Crippen LogP contribution in [0.5, 0.6) is 0 Å². The summed E-state index contributed by atoms with van der Waals surface area (Å²) in [6.45, 7) is 2.19. The lowest BCUT2D eigenvalue weighted by Gasteiger charge is -2.31. The fourth-order valence-corrected chi connectivity index (χ4v) is 3.30. The maximum Gasteiger partial charge on any atom is 0.124 e. The van der Waals surface area contributed by atoms with Crippen molar-refractivity contribution in [1.82, 2.24) is 0 Å². The lowest BCUT2D eigenvalue weighted by molar-refractivity contribution is 0.313. The average Bonchev–Trinajstić information content (AvgIpc) is 2.46. The molecule has 1 saturated carbocycles. The average molecular weight is 294 g/mol. The molecule has 1 aliphatic carbocycles. The van der Waals surface area contributed by atoms with Gasteiger partial charge in [0.05, 0.1) is 0 Å². The molecule has 0 aromatic heterocycles. The van der Waals surface area contributed by atoms with E-state index in [2.05, 4.69) is 12.2 Å². The Kier molecular flexibility index (Phi) is 5.35. The summed E-state index contributed by atoms with van der Waals surface area (Å²) in [5.74, 6) is 0.391. The second-order valence-corrected chi connectivity index (χ2v) is 6.05. The van der Waals surface area contributed by atoms with Crippen LogP contribution in [0.25, 0.3) is 0 Å². The van der Waals surface area contributed by atoms with E-state index in [0.29, 0.717) is 17.5 Å². The Balaban J connectivity index is 2.16. The number of nitrogens with two attached hydrogens (primary N) is 1. The minimum Gasteiger partial charge on any atom is -0.389 e. The molecule has 0 heterocycles. The molecule has 20 heavy (non-hydrogen) atoms. The largest absolute Gasteiger partial charge is 0.389 e. The first-order chi connectivity index (χ1) is 9.61. The molecule has 0 spiro atoms. The zero-order chi connectivity index (χ0) is 14.5. The van der Waals surface area contributed by atoms with Crippen molar-refractivity contribution in [1.29, 1.82) is 0 Å². The summed E-state index contributed by atoms with van der Waals surface area (Å²) in [4.78, 5) is 0.241. The highest BCUT2D eigenvalue weighted by Crippen LogP contribution is 2.30. The van der Waals surface area contributed by atoms with Crippen LogP contribution in [-0.2, 0) is 0 Å². The minimum atomic E-state index is -0.302. The van der Waals surface area contributed by atoms with Crippen LogP contribution in [0, 0.1) is 11.7 Å². The molecule has 0 saturated heterocycles. The van der Waals surface area contributed by atoms with E-state index in [1.165, 1.54) is 44.2 Å². The standard InChI is InChI=1S/C16H23FN2S/c1-2-14(11-6-4-3-5-7-11)19-15-9-8-12(17)10-13(15)16(18)20/h8-11,14,19H,2-7H2,1H3,(H2,18,20). The summed E-state index contributed by atoms with van der Waals surface area (Å²) in [7, 11) is 0. The molecule has 1 aliphatic rings. The molecule has 3 N–H and O–H groups in total. The smallest absolute Gasteiger partial charge is 0.124 e. The third-order valence-corrected chi connectivity index (χ3v) is 4.47. The van der Waals surface area contributed by atoms with Crippen LogP contribution in [0.2, 0.25) is 0 Å². The molecule has 2 nitrogen and oxygen atoms in total. The molecule has 1 aromatic rings. The summed E-state index contributed by atoms with van der Waals surface area (Å²) in [5.41, 5.74) is 7.17. The van der Waals surface area contributed by atoms with E-state index in [-0.39, 0.29) is 10.8 Å². The maximum absolute atomic E-state index is 13.3. The van der Waals surface area contributed by atoms with Crippen molar-refractivity contribution in [2.75, 3.05) is 5.32 Å². The molecule has 1 atom stereocenters. The van der Waals surface area contributed by atoms with Crippen LogP contribution >= 0.6 is 12.2 Å². The van der Waals surface area contributed by atoms with Crippen molar-refractivity contribution in [2.45, 2.75) is 51.5 Å². The lowest BCUT2D eigenvalue weighted by Crippen LogP contribution is -2.31. The summed E-state index contributed by atoms with van der Waals surface area (Å²) in [6, 6.07) is 5.03. The Labute approximate surface area is 125 Å². The van der Waals surface area contributed by atoms with Gasteiger partial charge in [0.2, 0.25) is 0 Å². The third-order valence-electron chi connectivity index (χ3n) is 4.25. The first kappa shape index (κ1) is 15.2. The van der Waals surface area contributed by atoms with Gasteiger partial charge >= 0.3 is 0 Å². The third kappa shape index (κ3) is 3.69. The molecule has 1 aromatic carbocycles. The van der Waals surface area contributed by atoms with E-state index in [1.54, 1.807) is 6.07 Å². The fraction of sp³-hybridized carbons (Fsp3) is 0.562. The van der Waals surface area contributed by atoms with Crippen molar-refractivity contribution in [3.8, 4) is 0 Å². The molecule has 1 fully saturated rings. The van der Waals surface area contributed by atoms with Crippen LogP contribution in [0.1, 0.15) is 51.0 Å². The Morgan fingerprint density at radius 1 is 1.40 bits per heavy atom. The molecule has 0 aliphatic heterocycles. The second-order valence-electron chi connectivity index (χ2n) is 5.61. The molecule has 0 bridgehead atoms. The van der Waals surface area contributed by atoms with E-state index < -0.39 is 0 Å². The Morgan fingerprint density at radius 2 is 2.10 bits per heavy atom. The van der Waals surface area contributed by atoms with Gasteiger partial charge in [-0.1, -0.05) is 38.4 Å². The van der Waals surface area contributed by atoms with Gasteiger partial charge in [-0.05, 0) is 43.4 Å². The molecule has 0 radical (unpaired) electrons. The first-order valence-electron chi connectivity index (χ1n) is 7.47. The molecular weight excluding hydrogens is 271 g/mol. The highest BCUT2D eigenvalue weighted by Gasteiger charge is 2.23. The van der Waals surface area contributed by atoms with Gasteiger partial charge in [-0.25, -0.2) is 4.39 Å².